The summed E-state index contributed by atoms with van der Waals surface area (Å²) in [6.07, 6.45) is 6.78. The lowest BCUT2D eigenvalue weighted by atomic mass is 9.80. The lowest BCUT2D eigenvalue weighted by molar-refractivity contribution is 0.0539. The highest BCUT2D eigenvalue weighted by Gasteiger charge is 2.32. The zero-order valence-corrected chi connectivity index (χ0v) is 15.1. The number of carbonyl (C=O) groups is 1. The van der Waals surface area contributed by atoms with Gasteiger partial charge in [0.15, 0.2) is 0 Å². The van der Waals surface area contributed by atoms with Gasteiger partial charge in [-0.15, -0.1) is 0 Å². The molecule has 5 heteroatoms. The number of aromatic amines is 1. The van der Waals surface area contributed by atoms with Crippen LogP contribution in [-0.2, 0) is 0 Å². The molecule has 0 bridgehead atoms. The number of nitrogens with one attached hydrogen (secondary N) is 1. The number of likely N-dealkylation sites (tertiary alicyclic amines) is 2. The molecule has 1 N–H and O–H groups in total. The Labute approximate surface area is 149 Å². The zero-order valence-electron chi connectivity index (χ0n) is 15.1. The minimum Gasteiger partial charge on any atom is -0.338 e. The minimum atomic E-state index is 0.167. The summed E-state index contributed by atoms with van der Waals surface area (Å²) in [4.78, 5) is 17.8. The van der Waals surface area contributed by atoms with Crippen LogP contribution in [0.4, 0.5) is 0 Å². The van der Waals surface area contributed by atoms with Crippen LogP contribution in [-0.4, -0.2) is 58.6 Å². The molecular weight excluding hydrogens is 312 g/mol. The van der Waals surface area contributed by atoms with E-state index in [1.165, 1.54) is 32.4 Å². The highest BCUT2D eigenvalue weighted by atomic mass is 16.2. The molecule has 1 aromatic heterocycles. The topological polar surface area (TPSA) is 52.2 Å². The average Bonchev–Trinajstić information content (AvgIpc) is 3.16. The van der Waals surface area contributed by atoms with Gasteiger partial charge in [0.2, 0.25) is 0 Å². The third kappa shape index (κ3) is 3.30. The number of aromatic nitrogens is 2. The van der Waals surface area contributed by atoms with Crippen LogP contribution in [0.25, 0.3) is 10.9 Å². The van der Waals surface area contributed by atoms with E-state index in [1.807, 2.05) is 18.2 Å². The molecule has 0 radical (unpaired) electrons. The number of hydrogen-bond donors (Lipinski definition) is 1. The summed E-state index contributed by atoms with van der Waals surface area (Å²) in [6, 6.07) is 5.85. The van der Waals surface area contributed by atoms with Crippen LogP contribution in [0.15, 0.2) is 24.4 Å². The second-order valence-corrected chi connectivity index (χ2v) is 7.59. The van der Waals surface area contributed by atoms with Crippen molar-refractivity contribution in [3.63, 3.8) is 0 Å². The Kier molecular flexibility index (Phi) is 4.75. The molecule has 2 aromatic rings. The normalized spacial score (nSPS) is 25.4. The summed E-state index contributed by atoms with van der Waals surface area (Å²) in [6.45, 7) is 7.65. The Balaban J connectivity index is 1.49. The van der Waals surface area contributed by atoms with Gasteiger partial charge in [0, 0.05) is 25.0 Å². The number of amides is 1. The fourth-order valence-corrected chi connectivity index (χ4v) is 4.67. The van der Waals surface area contributed by atoms with E-state index in [2.05, 4.69) is 26.9 Å². The predicted molar refractivity (Wildman–Crippen MR) is 99.6 cm³/mol. The summed E-state index contributed by atoms with van der Waals surface area (Å²) in [5, 5.41) is 7.99. The van der Waals surface area contributed by atoms with E-state index in [0.717, 1.165) is 48.4 Å². The number of nitrogens with zero attached hydrogens (tertiary/aromatic N) is 3. The molecule has 2 aliphatic heterocycles. The van der Waals surface area contributed by atoms with Gasteiger partial charge >= 0.3 is 0 Å². The lowest BCUT2D eigenvalue weighted by Gasteiger charge is -2.41. The van der Waals surface area contributed by atoms with Crippen molar-refractivity contribution in [2.24, 2.45) is 11.8 Å². The Hall–Kier alpha value is -1.88. The fraction of sp³-hybridized carbons (Fsp3) is 0.600. The molecule has 4 rings (SSSR count). The number of carbonyl (C=O) groups excluding carboxylic acids is 1. The number of piperidine rings is 2. The Morgan fingerprint density at radius 3 is 2.84 bits per heavy atom. The summed E-state index contributed by atoms with van der Waals surface area (Å²) in [5.74, 6) is 1.56. The molecule has 2 fully saturated rings. The second kappa shape index (κ2) is 7.16. The standard InChI is InChI=1S/C20H28N4O/c1-2-23-10-4-6-15(13-23)16-7-5-11-24(14-16)20(25)17-8-3-9-19-18(17)12-21-22-19/h3,8-9,12,15-16H,2,4-7,10-11,13-14H2,1H3,(H,21,22). The van der Waals surface area contributed by atoms with Crippen molar-refractivity contribution in [1.29, 1.82) is 0 Å². The zero-order chi connectivity index (χ0) is 17.2. The van der Waals surface area contributed by atoms with E-state index in [4.69, 9.17) is 0 Å². The van der Waals surface area contributed by atoms with Crippen LogP contribution in [0.2, 0.25) is 0 Å². The van der Waals surface area contributed by atoms with Crippen molar-refractivity contribution in [3.05, 3.63) is 30.0 Å². The SMILES string of the molecule is CCN1CCCC(C2CCCN(C(=O)c3cccc4[nH]ncc34)C2)C1. The monoisotopic (exact) mass is 340 g/mol. The number of rotatable bonds is 3. The maximum Gasteiger partial charge on any atom is 0.254 e. The molecular formula is C20H28N4O. The van der Waals surface area contributed by atoms with Crippen molar-refractivity contribution in [3.8, 4) is 0 Å². The molecule has 2 unspecified atom stereocenters. The molecule has 0 aliphatic carbocycles. The fourth-order valence-electron chi connectivity index (χ4n) is 4.67. The van der Waals surface area contributed by atoms with Gasteiger partial charge in [-0.05, 0) is 62.7 Å². The summed E-state index contributed by atoms with van der Waals surface area (Å²) in [5.41, 5.74) is 1.72. The van der Waals surface area contributed by atoms with Crippen molar-refractivity contribution in [2.75, 3.05) is 32.7 Å². The van der Waals surface area contributed by atoms with Crippen LogP contribution in [0.1, 0.15) is 43.0 Å². The molecule has 134 valence electrons. The predicted octanol–water partition coefficient (Wildman–Crippen LogP) is 3.15. The van der Waals surface area contributed by atoms with Gasteiger partial charge in [-0.1, -0.05) is 13.0 Å². The van der Waals surface area contributed by atoms with Crippen molar-refractivity contribution in [1.82, 2.24) is 20.0 Å². The first-order chi connectivity index (χ1) is 12.3. The molecule has 1 aromatic carbocycles. The lowest BCUT2D eigenvalue weighted by Crippen LogP contribution is -2.46. The molecule has 0 saturated carbocycles. The van der Waals surface area contributed by atoms with Crippen LogP contribution in [0, 0.1) is 11.8 Å². The van der Waals surface area contributed by atoms with Crippen LogP contribution in [0.5, 0.6) is 0 Å². The van der Waals surface area contributed by atoms with Gasteiger partial charge in [-0.25, -0.2) is 0 Å². The smallest absolute Gasteiger partial charge is 0.254 e. The molecule has 3 heterocycles. The maximum atomic E-state index is 13.1. The molecule has 2 atom stereocenters. The number of benzene rings is 1. The Morgan fingerprint density at radius 1 is 1.20 bits per heavy atom. The van der Waals surface area contributed by atoms with E-state index in [-0.39, 0.29) is 5.91 Å². The quantitative estimate of drug-likeness (QED) is 0.934. The number of H-pyrrole nitrogens is 1. The van der Waals surface area contributed by atoms with Gasteiger partial charge in [-0.3, -0.25) is 9.89 Å². The molecule has 2 aliphatic rings. The third-order valence-corrected chi connectivity index (χ3v) is 6.12. The van der Waals surface area contributed by atoms with E-state index in [1.54, 1.807) is 6.20 Å². The molecule has 25 heavy (non-hydrogen) atoms. The van der Waals surface area contributed by atoms with Gasteiger partial charge in [0.1, 0.15) is 0 Å². The number of fused-ring (bicyclic) bond motifs is 1. The second-order valence-electron chi connectivity index (χ2n) is 7.59. The van der Waals surface area contributed by atoms with E-state index in [0.29, 0.717) is 5.92 Å². The van der Waals surface area contributed by atoms with Crippen LogP contribution >= 0.6 is 0 Å². The molecule has 0 spiro atoms. The van der Waals surface area contributed by atoms with Crippen molar-refractivity contribution >= 4 is 16.8 Å². The molecule has 1 amide bonds. The van der Waals surface area contributed by atoms with Gasteiger partial charge < -0.3 is 9.80 Å². The van der Waals surface area contributed by atoms with Crippen LogP contribution < -0.4 is 0 Å². The Morgan fingerprint density at radius 2 is 2.00 bits per heavy atom. The summed E-state index contributed by atoms with van der Waals surface area (Å²) in [7, 11) is 0. The summed E-state index contributed by atoms with van der Waals surface area (Å²) >= 11 is 0. The first-order valence-electron chi connectivity index (χ1n) is 9.70. The summed E-state index contributed by atoms with van der Waals surface area (Å²) < 4.78 is 0. The number of hydrogen-bond acceptors (Lipinski definition) is 3. The average molecular weight is 340 g/mol. The van der Waals surface area contributed by atoms with Gasteiger partial charge in [0.25, 0.3) is 5.91 Å². The highest BCUT2D eigenvalue weighted by molar-refractivity contribution is 6.06. The van der Waals surface area contributed by atoms with Crippen molar-refractivity contribution in [2.45, 2.75) is 32.6 Å². The largest absolute Gasteiger partial charge is 0.338 e. The molecule has 5 nitrogen and oxygen atoms in total. The minimum absolute atomic E-state index is 0.167. The van der Waals surface area contributed by atoms with E-state index >= 15 is 0 Å². The van der Waals surface area contributed by atoms with Crippen LogP contribution in [0.3, 0.4) is 0 Å². The van der Waals surface area contributed by atoms with E-state index < -0.39 is 0 Å². The first kappa shape index (κ1) is 16.6. The Bertz CT molecular complexity index is 740. The van der Waals surface area contributed by atoms with Gasteiger partial charge in [-0.2, -0.15) is 5.10 Å². The first-order valence-corrected chi connectivity index (χ1v) is 9.70. The van der Waals surface area contributed by atoms with Crippen molar-refractivity contribution < 1.29 is 4.79 Å². The third-order valence-electron chi connectivity index (χ3n) is 6.12. The van der Waals surface area contributed by atoms with E-state index in [9.17, 15) is 4.79 Å². The highest BCUT2D eigenvalue weighted by Crippen LogP contribution is 2.31. The maximum absolute atomic E-state index is 13.1. The van der Waals surface area contributed by atoms with Gasteiger partial charge in [0.05, 0.1) is 17.3 Å². The molecule has 2 saturated heterocycles.